The van der Waals surface area contributed by atoms with Crippen LogP contribution in [-0.4, -0.2) is 16.5 Å². The van der Waals surface area contributed by atoms with Crippen LogP contribution in [0.5, 0.6) is 0 Å². The lowest BCUT2D eigenvalue weighted by molar-refractivity contribution is 0.430. The largest absolute Gasteiger partial charge is 0.341 e. The summed E-state index contributed by atoms with van der Waals surface area (Å²) in [6.07, 6.45) is 4.88. The number of nitrogens with zero attached hydrogens (tertiary/aromatic N) is 1. The van der Waals surface area contributed by atoms with Crippen LogP contribution in [-0.2, 0) is 5.41 Å². The highest BCUT2D eigenvalue weighted by Gasteiger charge is 2.37. The van der Waals surface area contributed by atoms with Crippen LogP contribution in [0.4, 0.5) is 0 Å². The fourth-order valence-electron chi connectivity index (χ4n) is 3.31. The summed E-state index contributed by atoms with van der Waals surface area (Å²) in [7, 11) is 0. The van der Waals surface area contributed by atoms with E-state index in [2.05, 4.69) is 31.0 Å². The molecule has 0 unspecified atom stereocenters. The molecule has 0 amide bonds. The van der Waals surface area contributed by atoms with Crippen LogP contribution >= 0.6 is 0 Å². The van der Waals surface area contributed by atoms with Gasteiger partial charge in [-0.2, -0.15) is 0 Å². The van der Waals surface area contributed by atoms with E-state index in [-0.39, 0.29) is 5.41 Å². The van der Waals surface area contributed by atoms with E-state index in [9.17, 15) is 0 Å². The summed E-state index contributed by atoms with van der Waals surface area (Å²) in [5.74, 6) is 1.10. The van der Waals surface area contributed by atoms with Crippen molar-refractivity contribution in [2.24, 2.45) is 5.73 Å². The van der Waals surface area contributed by atoms with Crippen molar-refractivity contribution in [3.8, 4) is 0 Å². The Labute approximate surface area is 108 Å². The van der Waals surface area contributed by atoms with Gasteiger partial charge in [-0.3, -0.25) is 0 Å². The van der Waals surface area contributed by atoms with E-state index in [1.807, 2.05) is 0 Å². The molecule has 3 N–H and O–H groups in total. The number of aryl methyl sites for hydroxylation is 2. The molecule has 1 aromatic carbocycles. The first kappa shape index (κ1) is 11.7. The first-order valence-corrected chi connectivity index (χ1v) is 6.82. The second kappa shape index (κ2) is 4.09. The smallest absolute Gasteiger partial charge is 0.114 e. The lowest BCUT2D eigenvalue weighted by Crippen LogP contribution is -2.33. The van der Waals surface area contributed by atoms with Gasteiger partial charge < -0.3 is 10.7 Å². The Bertz CT molecular complexity index is 577. The molecule has 3 nitrogen and oxygen atoms in total. The standard InChI is InChI=1S/C15H21N3/c1-10-7-11(2)13-12(8-10)17-14(18-13)15(9-16)5-3-4-6-15/h7-8H,3-6,9,16H2,1-2H3,(H,17,18). The van der Waals surface area contributed by atoms with Crippen molar-refractivity contribution >= 4 is 11.0 Å². The summed E-state index contributed by atoms with van der Waals surface area (Å²) < 4.78 is 0. The van der Waals surface area contributed by atoms with Crippen LogP contribution in [0, 0.1) is 13.8 Å². The molecule has 1 aromatic heterocycles. The minimum absolute atomic E-state index is 0.0966. The number of aromatic nitrogens is 2. The molecule has 0 radical (unpaired) electrons. The Morgan fingerprint density at radius 2 is 2.00 bits per heavy atom. The summed E-state index contributed by atoms with van der Waals surface area (Å²) in [5.41, 5.74) is 10.9. The summed E-state index contributed by atoms with van der Waals surface area (Å²) in [6, 6.07) is 4.37. The number of aromatic amines is 1. The fourth-order valence-corrected chi connectivity index (χ4v) is 3.31. The fraction of sp³-hybridized carbons (Fsp3) is 0.533. The molecular formula is C15H21N3. The molecular weight excluding hydrogens is 222 g/mol. The van der Waals surface area contributed by atoms with Gasteiger partial charge in [-0.25, -0.2) is 4.98 Å². The molecule has 0 atom stereocenters. The normalized spacial score (nSPS) is 18.6. The van der Waals surface area contributed by atoms with Gasteiger partial charge in [-0.05, 0) is 43.9 Å². The minimum Gasteiger partial charge on any atom is -0.341 e. The average Bonchev–Trinajstić information content (AvgIpc) is 2.94. The van der Waals surface area contributed by atoms with E-state index in [1.165, 1.54) is 36.8 Å². The molecule has 2 aromatic rings. The van der Waals surface area contributed by atoms with E-state index < -0.39 is 0 Å². The van der Waals surface area contributed by atoms with Crippen molar-refractivity contribution in [1.29, 1.82) is 0 Å². The molecule has 1 saturated carbocycles. The number of benzene rings is 1. The summed E-state index contributed by atoms with van der Waals surface area (Å²) in [4.78, 5) is 8.36. The Hall–Kier alpha value is -1.35. The van der Waals surface area contributed by atoms with Gasteiger partial charge in [0.05, 0.1) is 11.0 Å². The molecule has 1 aliphatic carbocycles. The Balaban J connectivity index is 2.16. The van der Waals surface area contributed by atoms with Crippen molar-refractivity contribution in [1.82, 2.24) is 9.97 Å². The van der Waals surface area contributed by atoms with Crippen LogP contribution in [0.3, 0.4) is 0 Å². The van der Waals surface area contributed by atoms with Gasteiger partial charge in [0.25, 0.3) is 0 Å². The van der Waals surface area contributed by atoms with Crippen molar-refractivity contribution in [2.75, 3.05) is 6.54 Å². The molecule has 0 aliphatic heterocycles. The first-order chi connectivity index (χ1) is 8.64. The maximum absolute atomic E-state index is 6.03. The van der Waals surface area contributed by atoms with E-state index in [1.54, 1.807) is 0 Å². The second-order valence-electron chi connectivity index (χ2n) is 5.75. The van der Waals surface area contributed by atoms with Gasteiger partial charge in [-0.15, -0.1) is 0 Å². The topological polar surface area (TPSA) is 54.7 Å². The van der Waals surface area contributed by atoms with Gasteiger partial charge in [-0.1, -0.05) is 18.9 Å². The monoisotopic (exact) mass is 243 g/mol. The lowest BCUT2D eigenvalue weighted by Gasteiger charge is -2.24. The molecule has 0 saturated heterocycles. The van der Waals surface area contributed by atoms with Crippen LogP contribution < -0.4 is 5.73 Å². The van der Waals surface area contributed by atoms with Gasteiger partial charge in [0, 0.05) is 12.0 Å². The van der Waals surface area contributed by atoms with E-state index >= 15 is 0 Å². The number of nitrogens with two attached hydrogens (primary N) is 1. The third-order valence-electron chi connectivity index (χ3n) is 4.38. The second-order valence-corrected chi connectivity index (χ2v) is 5.75. The molecule has 1 fully saturated rings. The maximum atomic E-state index is 6.03. The molecule has 96 valence electrons. The number of fused-ring (bicyclic) bond motifs is 1. The Morgan fingerprint density at radius 1 is 1.28 bits per heavy atom. The Morgan fingerprint density at radius 3 is 2.67 bits per heavy atom. The van der Waals surface area contributed by atoms with Crippen LogP contribution in [0.15, 0.2) is 12.1 Å². The number of H-pyrrole nitrogens is 1. The SMILES string of the molecule is Cc1cc(C)c2nc(C3(CN)CCCC3)[nH]c2c1. The number of hydrogen-bond acceptors (Lipinski definition) is 2. The third kappa shape index (κ3) is 1.65. The number of rotatable bonds is 2. The van der Waals surface area contributed by atoms with E-state index in [4.69, 9.17) is 10.7 Å². The van der Waals surface area contributed by atoms with Gasteiger partial charge in [0.2, 0.25) is 0 Å². The number of imidazole rings is 1. The molecule has 1 heterocycles. The minimum atomic E-state index is 0.0966. The quantitative estimate of drug-likeness (QED) is 0.852. The van der Waals surface area contributed by atoms with Crippen molar-refractivity contribution in [2.45, 2.75) is 44.9 Å². The molecule has 3 rings (SSSR count). The van der Waals surface area contributed by atoms with E-state index in [0.29, 0.717) is 6.54 Å². The zero-order chi connectivity index (χ0) is 12.8. The summed E-state index contributed by atoms with van der Waals surface area (Å²) in [6.45, 7) is 4.95. The molecule has 1 aliphatic rings. The molecule has 3 heteroatoms. The lowest BCUT2D eigenvalue weighted by atomic mass is 9.85. The third-order valence-corrected chi connectivity index (χ3v) is 4.38. The van der Waals surface area contributed by atoms with Crippen molar-refractivity contribution in [3.63, 3.8) is 0 Å². The predicted octanol–water partition coefficient (Wildman–Crippen LogP) is 2.95. The summed E-state index contributed by atoms with van der Waals surface area (Å²) >= 11 is 0. The average molecular weight is 243 g/mol. The highest BCUT2D eigenvalue weighted by Crippen LogP contribution is 2.39. The molecule has 0 bridgehead atoms. The molecule has 0 spiro atoms. The number of nitrogens with one attached hydrogen (secondary N) is 1. The highest BCUT2D eigenvalue weighted by atomic mass is 15.0. The van der Waals surface area contributed by atoms with Crippen molar-refractivity contribution < 1.29 is 0 Å². The van der Waals surface area contributed by atoms with Gasteiger partial charge in [0.15, 0.2) is 0 Å². The predicted molar refractivity (Wildman–Crippen MR) is 74.8 cm³/mol. The van der Waals surface area contributed by atoms with Crippen LogP contribution in [0.2, 0.25) is 0 Å². The summed E-state index contributed by atoms with van der Waals surface area (Å²) in [5, 5.41) is 0. The van der Waals surface area contributed by atoms with Crippen molar-refractivity contribution in [3.05, 3.63) is 29.1 Å². The van der Waals surface area contributed by atoms with Gasteiger partial charge >= 0.3 is 0 Å². The Kier molecular flexibility index (Phi) is 2.67. The zero-order valence-electron chi connectivity index (χ0n) is 11.2. The van der Waals surface area contributed by atoms with Crippen LogP contribution in [0.1, 0.15) is 42.6 Å². The van der Waals surface area contributed by atoms with Crippen LogP contribution in [0.25, 0.3) is 11.0 Å². The van der Waals surface area contributed by atoms with E-state index in [0.717, 1.165) is 16.9 Å². The molecule has 18 heavy (non-hydrogen) atoms. The first-order valence-electron chi connectivity index (χ1n) is 6.82. The highest BCUT2D eigenvalue weighted by molar-refractivity contribution is 5.79. The van der Waals surface area contributed by atoms with Gasteiger partial charge in [0.1, 0.15) is 5.82 Å². The maximum Gasteiger partial charge on any atom is 0.114 e. The number of hydrogen-bond donors (Lipinski definition) is 2. The zero-order valence-corrected chi connectivity index (χ0v) is 11.2.